The molecule has 5 heteroatoms. The molecule has 2 heterocycles. The summed E-state index contributed by atoms with van der Waals surface area (Å²) in [6.45, 7) is 4.02. The van der Waals surface area contributed by atoms with Crippen molar-refractivity contribution in [2.24, 2.45) is 5.92 Å². The van der Waals surface area contributed by atoms with Crippen molar-refractivity contribution >= 4 is 5.91 Å². The lowest BCUT2D eigenvalue weighted by atomic mass is 9.99. The van der Waals surface area contributed by atoms with Crippen molar-refractivity contribution in [1.29, 1.82) is 0 Å². The van der Waals surface area contributed by atoms with Crippen molar-refractivity contribution in [2.75, 3.05) is 19.8 Å². The number of ether oxygens (including phenoxy) is 1. The second-order valence-electron chi connectivity index (χ2n) is 5.04. The number of amides is 1. The van der Waals surface area contributed by atoms with Gasteiger partial charge in [-0.25, -0.2) is 0 Å². The molecule has 1 amide bonds. The number of rotatable bonds is 4. The van der Waals surface area contributed by atoms with Gasteiger partial charge in [0, 0.05) is 37.6 Å². The van der Waals surface area contributed by atoms with E-state index in [0.29, 0.717) is 23.9 Å². The molecule has 2 N–H and O–H groups in total. The maximum absolute atomic E-state index is 11.9. The fraction of sp³-hybridized carbons (Fsp3) is 0.571. The number of nitrogens with one attached hydrogen (secondary N) is 2. The summed E-state index contributed by atoms with van der Waals surface area (Å²) in [5.74, 6) is 0.308. The summed E-state index contributed by atoms with van der Waals surface area (Å²) in [5, 5.41) is 2.84. The Morgan fingerprint density at radius 3 is 3.05 bits per heavy atom. The van der Waals surface area contributed by atoms with Crippen LogP contribution in [0.1, 0.15) is 35.4 Å². The molecule has 1 aromatic heterocycles. The van der Waals surface area contributed by atoms with Gasteiger partial charge >= 0.3 is 0 Å². The van der Waals surface area contributed by atoms with Gasteiger partial charge in [-0.05, 0) is 32.1 Å². The molecule has 0 radical (unpaired) electrons. The Morgan fingerprint density at radius 2 is 2.37 bits per heavy atom. The monoisotopic (exact) mass is 264 g/mol. The Balaban J connectivity index is 1.82. The van der Waals surface area contributed by atoms with Crippen molar-refractivity contribution in [3.63, 3.8) is 0 Å². The molecule has 104 valence electrons. The molecule has 2 rings (SSSR count). The lowest BCUT2D eigenvalue weighted by Gasteiger charge is -2.21. The van der Waals surface area contributed by atoms with Crippen LogP contribution in [0.2, 0.25) is 0 Å². The summed E-state index contributed by atoms with van der Waals surface area (Å²) in [4.78, 5) is 26.1. The first-order chi connectivity index (χ1) is 9.15. The van der Waals surface area contributed by atoms with E-state index in [2.05, 4.69) is 10.3 Å². The van der Waals surface area contributed by atoms with Crippen molar-refractivity contribution in [3.05, 3.63) is 33.7 Å². The molecule has 0 saturated carbocycles. The third-order valence-corrected chi connectivity index (χ3v) is 3.31. The van der Waals surface area contributed by atoms with Crippen LogP contribution in [-0.2, 0) is 4.74 Å². The van der Waals surface area contributed by atoms with Gasteiger partial charge in [-0.2, -0.15) is 0 Å². The maximum atomic E-state index is 11.9. The van der Waals surface area contributed by atoms with Gasteiger partial charge in [-0.1, -0.05) is 0 Å². The van der Waals surface area contributed by atoms with E-state index in [4.69, 9.17) is 4.74 Å². The van der Waals surface area contributed by atoms with Gasteiger partial charge in [0.1, 0.15) is 5.69 Å². The fourth-order valence-electron chi connectivity index (χ4n) is 2.32. The summed E-state index contributed by atoms with van der Waals surface area (Å²) in [6.07, 6.45) is 3.18. The van der Waals surface area contributed by atoms with E-state index in [9.17, 15) is 9.59 Å². The van der Waals surface area contributed by atoms with E-state index >= 15 is 0 Å². The molecule has 0 spiro atoms. The molecule has 0 aromatic carbocycles. The Kier molecular flexibility index (Phi) is 4.74. The summed E-state index contributed by atoms with van der Waals surface area (Å²) in [6, 6.07) is 2.79. The molecular formula is C14H20N2O3. The predicted molar refractivity (Wildman–Crippen MR) is 72.3 cm³/mol. The van der Waals surface area contributed by atoms with Crippen molar-refractivity contribution in [2.45, 2.75) is 26.2 Å². The number of aryl methyl sites for hydroxylation is 1. The van der Waals surface area contributed by atoms with Crippen LogP contribution in [0.5, 0.6) is 0 Å². The van der Waals surface area contributed by atoms with E-state index in [0.717, 1.165) is 32.5 Å². The Hall–Kier alpha value is -1.62. The Morgan fingerprint density at radius 1 is 1.53 bits per heavy atom. The predicted octanol–water partition coefficient (Wildman–Crippen LogP) is 1.23. The molecule has 5 nitrogen and oxygen atoms in total. The Bertz CT molecular complexity index is 490. The van der Waals surface area contributed by atoms with Gasteiger partial charge in [-0.3, -0.25) is 9.59 Å². The molecule has 1 aliphatic rings. The maximum Gasteiger partial charge on any atom is 0.267 e. The van der Waals surface area contributed by atoms with E-state index < -0.39 is 0 Å². The topological polar surface area (TPSA) is 71.2 Å². The van der Waals surface area contributed by atoms with Crippen LogP contribution < -0.4 is 10.7 Å². The number of aromatic nitrogens is 1. The number of pyridine rings is 1. The average molecular weight is 264 g/mol. The Labute approximate surface area is 112 Å². The largest absolute Gasteiger partial charge is 0.381 e. The molecule has 1 atom stereocenters. The van der Waals surface area contributed by atoms with E-state index in [1.807, 2.05) is 0 Å². The van der Waals surface area contributed by atoms with Gasteiger partial charge in [0.15, 0.2) is 5.43 Å². The number of carbonyl (C=O) groups is 1. The number of H-pyrrole nitrogens is 1. The fourth-order valence-corrected chi connectivity index (χ4v) is 2.32. The zero-order valence-corrected chi connectivity index (χ0v) is 11.2. The lowest BCUT2D eigenvalue weighted by Crippen LogP contribution is -2.29. The first-order valence-corrected chi connectivity index (χ1v) is 6.72. The number of hydrogen-bond acceptors (Lipinski definition) is 3. The summed E-state index contributed by atoms with van der Waals surface area (Å²) in [7, 11) is 0. The van der Waals surface area contributed by atoms with Crippen molar-refractivity contribution in [3.8, 4) is 0 Å². The SMILES string of the molecule is Cc1cc(=O)cc(C(=O)NCC[C@@H]2CCCOC2)[nH]1. The van der Waals surface area contributed by atoms with Crippen LogP contribution in [0.25, 0.3) is 0 Å². The summed E-state index contributed by atoms with van der Waals surface area (Å²) in [5.41, 5.74) is 0.866. The average Bonchev–Trinajstić information content (AvgIpc) is 2.38. The quantitative estimate of drug-likeness (QED) is 0.859. The van der Waals surface area contributed by atoms with Gasteiger partial charge in [-0.15, -0.1) is 0 Å². The highest BCUT2D eigenvalue weighted by Crippen LogP contribution is 2.16. The first kappa shape index (κ1) is 13.8. The van der Waals surface area contributed by atoms with Crippen LogP contribution in [0.4, 0.5) is 0 Å². The minimum absolute atomic E-state index is 0.151. The zero-order valence-electron chi connectivity index (χ0n) is 11.2. The van der Waals surface area contributed by atoms with Crippen molar-refractivity contribution < 1.29 is 9.53 Å². The number of carbonyl (C=O) groups excluding carboxylic acids is 1. The minimum atomic E-state index is -0.225. The zero-order chi connectivity index (χ0) is 13.7. The lowest BCUT2D eigenvalue weighted by molar-refractivity contribution is 0.0514. The molecule has 0 unspecified atom stereocenters. The highest BCUT2D eigenvalue weighted by Gasteiger charge is 2.14. The van der Waals surface area contributed by atoms with E-state index in [1.165, 1.54) is 12.1 Å². The minimum Gasteiger partial charge on any atom is -0.381 e. The van der Waals surface area contributed by atoms with Crippen LogP contribution in [0.3, 0.4) is 0 Å². The second kappa shape index (κ2) is 6.52. The molecule has 1 aromatic rings. The van der Waals surface area contributed by atoms with Crippen molar-refractivity contribution in [1.82, 2.24) is 10.3 Å². The van der Waals surface area contributed by atoms with Gasteiger partial charge in [0.05, 0.1) is 0 Å². The van der Waals surface area contributed by atoms with Crippen LogP contribution in [0.15, 0.2) is 16.9 Å². The first-order valence-electron chi connectivity index (χ1n) is 6.72. The summed E-state index contributed by atoms with van der Waals surface area (Å²) >= 11 is 0. The van der Waals surface area contributed by atoms with Crippen LogP contribution in [-0.4, -0.2) is 30.6 Å². The molecule has 1 aliphatic heterocycles. The smallest absolute Gasteiger partial charge is 0.267 e. The molecule has 1 saturated heterocycles. The normalized spacial score (nSPS) is 19.1. The third-order valence-electron chi connectivity index (χ3n) is 3.31. The van der Waals surface area contributed by atoms with E-state index in [-0.39, 0.29) is 11.3 Å². The van der Waals surface area contributed by atoms with Gasteiger partial charge in [0.2, 0.25) is 0 Å². The molecule has 1 fully saturated rings. The second-order valence-corrected chi connectivity index (χ2v) is 5.04. The number of hydrogen-bond donors (Lipinski definition) is 2. The highest BCUT2D eigenvalue weighted by atomic mass is 16.5. The van der Waals surface area contributed by atoms with Crippen LogP contribution >= 0.6 is 0 Å². The van der Waals surface area contributed by atoms with Gasteiger partial charge < -0.3 is 15.0 Å². The van der Waals surface area contributed by atoms with E-state index in [1.54, 1.807) is 6.92 Å². The summed E-state index contributed by atoms with van der Waals surface area (Å²) < 4.78 is 5.40. The van der Waals surface area contributed by atoms with Gasteiger partial charge in [0.25, 0.3) is 5.91 Å². The highest BCUT2D eigenvalue weighted by molar-refractivity contribution is 5.92. The molecule has 0 bridgehead atoms. The number of aromatic amines is 1. The third kappa shape index (κ3) is 4.21. The molecular weight excluding hydrogens is 244 g/mol. The molecule has 19 heavy (non-hydrogen) atoms. The van der Waals surface area contributed by atoms with Crippen LogP contribution in [0, 0.1) is 12.8 Å². The standard InChI is InChI=1S/C14H20N2O3/c1-10-7-12(17)8-13(16-10)14(18)15-5-4-11-3-2-6-19-9-11/h7-8,11H,2-6,9H2,1H3,(H,15,18)(H,16,17)/t11-/m0/s1. The molecule has 0 aliphatic carbocycles.